The second-order valence-electron chi connectivity index (χ2n) is 5.23. The number of hydrogen-bond donors (Lipinski definition) is 0. The maximum absolute atomic E-state index is 12.3. The molecule has 0 N–H and O–H groups in total. The van der Waals surface area contributed by atoms with E-state index in [2.05, 4.69) is 17.9 Å². The Morgan fingerprint density at radius 2 is 2.05 bits per heavy atom. The van der Waals surface area contributed by atoms with Crippen molar-refractivity contribution in [3.8, 4) is 0 Å². The Morgan fingerprint density at radius 1 is 1.40 bits per heavy atom. The summed E-state index contributed by atoms with van der Waals surface area (Å²) in [6.07, 6.45) is 4.74. The van der Waals surface area contributed by atoms with Crippen LogP contribution < -0.4 is 0 Å². The summed E-state index contributed by atoms with van der Waals surface area (Å²) in [7, 11) is 1.42. The second-order valence-corrected chi connectivity index (χ2v) is 6.05. The molecular formula is C15H15Cl2NO2. The summed E-state index contributed by atoms with van der Waals surface area (Å²) in [4.78, 5) is 14.4. The summed E-state index contributed by atoms with van der Waals surface area (Å²) < 4.78 is 5.01. The van der Waals surface area contributed by atoms with E-state index < -0.39 is 5.54 Å². The first-order valence-electron chi connectivity index (χ1n) is 6.51. The SMILES string of the molecule is COC(=O)[C@@]12CC=C[C@H](C)N1[C@H]2c1c(Cl)cccc1Cl. The summed E-state index contributed by atoms with van der Waals surface area (Å²) in [5.74, 6) is -0.227. The second kappa shape index (κ2) is 4.76. The standard InChI is InChI=1S/C15H15Cl2NO2/c1-9-5-4-8-15(14(19)20-2)13(18(9)15)12-10(16)6-3-7-11(12)17/h3-7,9,13H,8H2,1-2H3/t9-,13-,15-,18?/m0/s1. The van der Waals surface area contributed by atoms with Gasteiger partial charge in [0.15, 0.2) is 0 Å². The summed E-state index contributed by atoms with van der Waals surface area (Å²) in [5, 5.41) is 1.18. The average Bonchev–Trinajstić information content (AvgIpc) is 3.09. The largest absolute Gasteiger partial charge is 0.468 e. The molecule has 1 saturated heterocycles. The minimum absolute atomic E-state index is 0.124. The van der Waals surface area contributed by atoms with Crippen molar-refractivity contribution in [2.75, 3.05) is 7.11 Å². The van der Waals surface area contributed by atoms with E-state index >= 15 is 0 Å². The lowest BCUT2D eigenvalue weighted by atomic mass is 9.94. The zero-order chi connectivity index (χ0) is 14.5. The van der Waals surface area contributed by atoms with E-state index in [9.17, 15) is 4.79 Å². The van der Waals surface area contributed by atoms with E-state index in [-0.39, 0.29) is 18.1 Å². The van der Waals surface area contributed by atoms with Gasteiger partial charge in [-0.15, -0.1) is 0 Å². The zero-order valence-corrected chi connectivity index (χ0v) is 12.8. The molecule has 3 rings (SSSR count). The Morgan fingerprint density at radius 3 is 2.65 bits per heavy atom. The van der Waals surface area contributed by atoms with Gasteiger partial charge in [0.2, 0.25) is 0 Å². The molecule has 1 fully saturated rings. The molecule has 0 amide bonds. The highest BCUT2D eigenvalue weighted by atomic mass is 35.5. The van der Waals surface area contributed by atoms with Crippen molar-refractivity contribution in [1.82, 2.24) is 4.90 Å². The van der Waals surface area contributed by atoms with Gasteiger partial charge in [0.25, 0.3) is 0 Å². The molecule has 2 heterocycles. The molecule has 1 aromatic rings. The number of nitrogens with zero attached hydrogens (tertiary/aromatic N) is 1. The fraction of sp³-hybridized carbons (Fsp3) is 0.400. The number of rotatable bonds is 2. The van der Waals surface area contributed by atoms with Crippen molar-refractivity contribution in [1.29, 1.82) is 0 Å². The van der Waals surface area contributed by atoms with Crippen molar-refractivity contribution in [3.05, 3.63) is 46.0 Å². The molecule has 0 aromatic heterocycles. The molecule has 2 aliphatic heterocycles. The fourth-order valence-corrected chi connectivity index (χ4v) is 3.94. The van der Waals surface area contributed by atoms with Gasteiger partial charge in [0, 0.05) is 21.7 Å². The fourth-order valence-electron chi connectivity index (χ4n) is 3.33. The number of ether oxygens (including phenoxy) is 1. The highest BCUT2D eigenvalue weighted by Gasteiger charge is 2.71. The highest BCUT2D eigenvalue weighted by molar-refractivity contribution is 6.36. The molecule has 2 aliphatic rings. The lowest BCUT2D eigenvalue weighted by molar-refractivity contribution is -0.145. The topological polar surface area (TPSA) is 29.3 Å². The van der Waals surface area contributed by atoms with Crippen LogP contribution in [0.1, 0.15) is 24.9 Å². The van der Waals surface area contributed by atoms with Gasteiger partial charge in [-0.3, -0.25) is 4.90 Å². The van der Waals surface area contributed by atoms with E-state index in [0.29, 0.717) is 16.5 Å². The normalized spacial score (nSPS) is 34.5. The van der Waals surface area contributed by atoms with Gasteiger partial charge >= 0.3 is 5.97 Å². The minimum atomic E-state index is -0.655. The van der Waals surface area contributed by atoms with Crippen LogP contribution in [0.25, 0.3) is 0 Å². The average molecular weight is 312 g/mol. The van der Waals surface area contributed by atoms with Gasteiger partial charge in [-0.05, 0) is 25.5 Å². The molecule has 0 radical (unpaired) electrons. The molecule has 20 heavy (non-hydrogen) atoms. The van der Waals surface area contributed by atoms with Crippen molar-refractivity contribution in [2.45, 2.75) is 31.0 Å². The number of carbonyl (C=O) groups is 1. The van der Waals surface area contributed by atoms with E-state index in [1.165, 1.54) is 7.11 Å². The Labute approximate surface area is 128 Å². The van der Waals surface area contributed by atoms with E-state index in [1.807, 2.05) is 12.1 Å². The van der Waals surface area contributed by atoms with Crippen molar-refractivity contribution in [3.63, 3.8) is 0 Å². The smallest absolute Gasteiger partial charge is 0.328 e. The molecule has 0 aliphatic carbocycles. The molecule has 0 bridgehead atoms. The third-order valence-electron chi connectivity index (χ3n) is 4.22. The van der Waals surface area contributed by atoms with Gasteiger partial charge < -0.3 is 4.74 Å². The van der Waals surface area contributed by atoms with Crippen LogP contribution in [0.2, 0.25) is 10.0 Å². The van der Waals surface area contributed by atoms with Crippen LogP contribution in [0, 0.1) is 0 Å². The van der Waals surface area contributed by atoms with E-state index in [1.54, 1.807) is 12.1 Å². The Bertz CT molecular complexity index is 581. The molecule has 0 saturated carbocycles. The first-order valence-corrected chi connectivity index (χ1v) is 7.27. The first-order chi connectivity index (χ1) is 9.54. The van der Waals surface area contributed by atoms with Crippen LogP contribution >= 0.6 is 23.2 Å². The molecule has 1 aromatic carbocycles. The lowest BCUT2D eigenvalue weighted by Gasteiger charge is -2.20. The Hall–Kier alpha value is -1.03. The van der Waals surface area contributed by atoms with Crippen molar-refractivity contribution in [2.24, 2.45) is 0 Å². The molecule has 5 heteroatoms. The van der Waals surface area contributed by atoms with Crippen LogP contribution in [-0.4, -0.2) is 29.6 Å². The van der Waals surface area contributed by atoms with Gasteiger partial charge in [-0.1, -0.05) is 41.4 Å². The summed E-state index contributed by atoms with van der Waals surface area (Å²) in [6.45, 7) is 2.05. The van der Waals surface area contributed by atoms with Crippen LogP contribution in [0.5, 0.6) is 0 Å². The number of esters is 1. The summed E-state index contributed by atoms with van der Waals surface area (Å²) in [5.41, 5.74) is 0.161. The number of fused-ring (bicyclic) bond motifs is 1. The van der Waals surface area contributed by atoms with Gasteiger partial charge in [0.05, 0.1) is 13.2 Å². The minimum Gasteiger partial charge on any atom is -0.468 e. The Balaban J connectivity index is 2.09. The molecule has 3 nitrogen and oxygen atoms in total. The third kappa shape index (κ3) is 1.73. The highest BCUT2D eigenvalue weighted by Crippen LogP contribution is 2.61. The number of halogens is 2. The number of methoxy groups -OCH3 is 1. The van der Waals surface area contributed by atoms with Crippen LogP contribution in [-0.2, 0) is 9.53 Å². The van der Waals surface area contributed by atoms with E-state index in [0.717, 1.165) is 5.56 Å². The molecule has 0 spiro atoms. The predicted octanol–water partition coefficient (Wildman–Crippen LogP) is 3.61. The van der Waals surface area contributed by atoms with Crippen molar-refractivity contribution >= 4 is 29.2 Å². The molecular weight excluding hydrogens is 297 g/mol. The summed E-state index contributed by atoms with van der Waals surface area (Å²) >= 11 is 12.6. The first kappa shape index (κ1) is 13.9. The number of hydrogen-bond acceptors (Lipinski definition) is 3. The predicted molar refractivity (Wildman–Crippen MR) is 79.0 cm³/mol. The quantitative estimate of drug-likeness (QED) is 0.475. The Kier molecular flexibility index (Phi) is 3.32. The van der Waals surface area contributed by atoms with Gasteiger partial charge in [-0.25, -0.2) is 4.79 Å². The van der Waals surface area contributed by atoms with Gasteiger partial charge in [0.1, 0.15) is 5.54 Å². The van der Waals surface area contributed by atoms with Gasteiger partial charge in [-0.2, -0.15) is 0 Å². The maximum atomic E-state index is 12.3. The van der Waals surface area contributed by atoms with E-state index in [4.69, 9.17) is 27.9 Å². The van der Waals surface area contributed by atoms with Crippen molar-refractivity contribution < 1.29 is 9.53 Å². The molecule has 106 valence electrons. The van der Waals surface area contributed by atoms with Crippen LogP contribution in [0.3, 0.4) is 0 Å². The monoisotopic (exact) mass is 311 g/mol. The van der Waals surface area contributed by atoms with Crippen LogP contribution in [0.15, 0.2) is 30.4 Å². The summed E-state index contributed by atoms with van der Waals surface area (Å²) in [6, 6.07) is 5.44. The molecule has 4 atom stereocenters. The lowest BCUT2D eigenvalue weighted by Crippen LogP contribution is -2.35. The number of benzene rings is 1. The van der Waals surface area contributed by atoms with Crippen LogP contribution in [0.4, 0.5) is 0 Å². The zero-order valence-electron chi connectivity index (χ0n) is 11.3. The number of carbonyl (C=O) groups excluding carboxylic acids is 1. The third-order valence-corrected chi connectivity index (χ3v) is 4.88. The maximum Gasteiger partial charge on any atom is 0.328 e. The molecule has 1 unspecified atom stereocenters.